The summed E-state index contributed by atoms with van der Waals surface area (Å²) in [6.45, 7) is 0. The summed E-state index contributed by atoms with van der Waals surface area (Å²) >= 11 is 0. The van der Waals surface area contributed by atoms with E-state index in [2.05, 4.69) is 215 Å². The molecule has 0 N–H and O–H groups in total. The van der Waals surface area contributed by atoms with Gasteiger partial charge in [0.05, 0.1) is 39.0 Å². The minimum atomic E-state index is 0.629. The molecule has 12 rings (SSSR count). The summed E-state index contributed by atoms with van der Waals surface area (Å²) in [4.78, 5) is 10.9. The molecule has 0 fully saturated rings. The standard InChI is InChI=1S/C54H34N4/c1-3-15-35(16-4-1)37-19-13-21-39(29-37)47-33-48(40-22-14-20-38(30-40)36-17-5-2-6-18-36)56-54(55-47)58-50-28-12-10-26-45(50)46-31-41-32-52-44-25-8-7-23-42(44)43-24-9-11-27-49(43)57(52)51(41)34-53(46)58/h1-34H. The molecule has 0 aliphatic rings. The molecule has 0 aliphatic carbocycles. The van der Waals surface area contributed by atoms with Crippen molar-refractivity contribution in [2.45, 2.75) is 0 Å². The minimum Gasteiger partial charge on any atom is -0.309 e. The predicted octanol–water partition coefficient (Wildman–Crippen LogP) is 14.0. The summed E-state index contributed by atoms with van der Waals surface area (Å²) in [6.07, 6.45) is 0. The lowest BCUT2D eigenvalue weighted by atomic mass is 9.99. The van der Waals surface area contributed by atoms with Crippen molar-refractivity contribution in [2.75, 3.05) is 0 Å². The van der Waals surface area contributed by atoms with E-state index in [9.17, 15) is 0 Å². The Morgan fingerprint density at radius 3 is 1.38 bits per heavy atom. The lowest BCUT2D eigenvalue weighted by Gasteiger charge is -2.13. The Hall–Kier alpha value is -7.82. The van der Waals surface area contributed by atoms with Gasteiger partial charge >= 0.3 is 0 Å². The maximum atomic E-state index is 5.45. The van der Waals surface area contributed by atoms with Crippen LogP contribution in [0.5, 0.6) is 0 Å². The Kier molecular flexibility index (Phi) is 7.20. The summed E-state index contributed by atoms with van der Waals surface area (Å²) in [5.41, 5.74) is 14.1. The molecule has 8 aromatic carbocycles. The fourth-order valence-corrected chi connectivity index (χ4v) is 8.99. The molecule has 0 atom stereocenters. The number of nitrogens with zero attached hydrogens (tertiary/aromatic N) is 4. The molecule has 58 heavy (non-hydrogen) atoms. The number of benzene rings is 8. The van der Waals surface area contributed by atoms with E-state index in [1.807, 2.05) is 0 Å². The van der Waals surface area contributed by atoms with Gasteiger partial charge in [0.1, 0.15) is 0 Å². The quantitative estimate of drug-likeness (QED) is 0.165. The second-order valence-electron chi connectivity index (χ2n) is 15.0. The largest absolute Gasteiger partial charge is 0.309 e. The number of rotatable bonds is 5. The lowest BCUT2D eigenvalue weighted by molar-refractivity contribution is 0.996. The average Bonchev–Trinajstić information content (AvgIpc) is 3.84. The van der Waals surface area contributed by atoms with Gasteiger partial charge < -0.3 is 4.40 Å². The molecule has 4 heteroatoms. The van der Waals surface area contributed by atoms with E-state index in [1.54, 1.807) is 0 Å². The highest BCUT2D eigenvalue weighted by Crippen LogP contribution is 2.40. The van der Waals surface area contributed by atoms with Crippen LogP contribution in [0.15, 0.2) is 206 Å². The Bertz CT molecular complexity index is 3460. The van der Waals surface area contributed by atoms with Crippen LogP contribution in [0.4, 0.5) is 0 Å². The number of hydrogen-bond acceptors (Lipinski definition) is 2. The monoisotopic (exact) mass is 738 g/mol. The smallest absolute Gasteiger partial charge is 0.235 e. The van der Waals surface area contributed by atoms with Gasteiger partial charge in [-0.1, -0.05) is 158 Å². The van der Waals surface area contributed by atoms with Crippen LogP contribution in [0.3, 0.4) is 0 Å². The van der Waals surface area contributed by atoms with Gasteiger partial charge in [0.25, 0.3) is 0 Å². The van der Waals surface area contributed by atoms with E-state index in [0.717, 1.165) is 55.6 Å². The summed E-state index contributed by atoms with van der Waals surface area (Å²) < 4.78 is 4.70. The van der Waals surface area contributed by atoms with Gasteiger partial charge in [0, 0.05) is 38.1 Å². The molecule has 0 aliphatic heterocycles. The Morgan fingerprint density at radius 1 is 0.276 bits per heavy atom. The second-order valence-corrected chi connectivity index (χ2v) is 15.0. The molecule has 4 aromatic heterocycles. The number of pyridine rings is 1. The van der Waals surface area contributed by atoms with Crippen LogP contribution >= 0.6 is 0 Å². The zero-order chi connectivity index (χ0) is 38.2. The van der Waals surface area contributed by atoms with Gasteiger partial charge in [-0.05, 0) is 76.2 Å². The number of para-hydroxylation sites is 2. The lowest BCUT2D eigenvalue weighted by Crippen LogP contribution is -2.04. The van der Waals surface area contributed by atoms with Crippen molar-refractivity contribution in [3.05, 3.63) is 206 Å². The van der Waals surface area contributed by atoms with Gasteiger partial charge in [0.2, 0.25) is 5.95 Å². The van der Waals surface area contributed by atoms with E-state index in [0.29, 0.717) is 5.95 Å². The predicted molar refractivity (Wildman–Crippen MR) is 242 cm³/mol. The van der Waals surface area contributed by atoms with Crippen molar-refractivity contribution in [3.8, 4) is 50.7 Å². The highest BCUT2D eigenvalue weighted by molar-refractivity contribution is 6.18. The van der Waals surface area contributed by atoms with Crippen LogP contribution in [0.1, 0.15) is 0 Å². The topological polar surface area (TPSA) is 35.1 Å². The van der Waals surface area contributed by atoms with Crippen LogP contribution in [-0.4, -0.2) is 18.9 Å². The molecule has 12 aromatic rings. The summed E-state index contributed by atoms with van der Waals surface area (Å²) in [7, 11) is 0. The number of aromatic nitrogens is 4. The van der Waals surface area contributed by atoms with Crippen molar-refractivity contribution in [1.29, 1.82) is 0 Å². The molecule has 0 saturated heterocycles. The number of fused-ring (bicyclic) bond motifs is 11. The second kappa shape index (κ2) is 12.9. The SMILES string of the molecule is c1ccc(-c2cccc(-c3cc(-c4cccc(-c5ccccc5)c4)nc(-n4c5ccccc5c5cc6cc7c8ccccc8c8ccccc8n7c6cc54)n3)c2)cc1. The molecule has 4 nitrogen and oxygen atoms in total. The van der Waals surface area contributed by atoms with E-state index in [4.69, 9.17) is 9.97 Å². The molecule has 4 heterocycles. The van der Waals surface area contributed by atoms with Gasteiger partial charge in [-0.15, -0.1) is 0 Å². The molecule has 270 valence electrons. The third kappa shape index (κ3) is 5.09. The van der Waals surface area contributed by atoms with E-state index >= 15 is 0 Å². The van der Waals surface area contributed by atoms with Crippen LogP contribution in [0.2, 0.25) is 0 Å². The molecular weight excluding hydrogens is 705 g/mol. The molecular formula is C54H34N4. The van der Waals surface area contributed by atoms with Crippen molar-refractivity contribution in [1.82, 2.24) is 18.9 Å². The fraction of sp³-hybridized carbons (Fsp3) is 0. The summed E-state index contributed by atoms with van der Waals surface area (Å²) in [6, 6.07) is 73.8. The van der Waals surface area contributed by atoms with Crippen LogP contribution in [0, 0.1) is 0 Å². The summed E-state index contributed by atoms with van der Waals surface area (Å²) in [5.74, 6) is 0.629. The first-order chi connectivity index (χ1) is 28.7. The van der Waals surface area contributed by atoms with Crippen LogP contribution in [0.25, 0.3) is 111 Å². The third-order valence-electron chi connectivity index (χ3n) is 11.7. The highest BCUT2D eigenvalue weighted by Gasteiger charge is 2.20. The van der Waals surface area contributed by atoms with Gasteiger partial charge in [-0.2, -0.15) is 0 Å². The molecule has 0 unspecified atom stereocenters. The highest BCUT2D eigenvalue weighted by atomic mass is 15.2. The van der Waals surface area contributed by atoms with Crippen molar-refractivity contribution < 1.29 is 0 Å². The van der Waals surface area contributed by atoms with Crippen molar-refractivity contribution >= 4 is 59.9 Å². The first kappa shape index (κ1) is 32.4. The van der Waals surface area contributed by atoms with Crippen molar-refractivity contribution in [3.63, 3.8) is 0 Å². The maximum Gasteiger partial charge on any atom is 0.235 e. The molecule has 0 amide bonds. The van der Waals surface area contributed by atoms with Crippen molar-refractivity contribution in [2.24, 2.45) is 0 Å². The molecule has 0 radical (unpaired) electrons. The van der Waals surface area contributed by atoms with Gasteiger partial charge in [0.15, 0.2) is 0 Å². The zero-order valence-corrected chi connectivity index (χ0v) is 31.4. The molecule has 0 spiro atoms. The fourth-order valence-electron chi connectivity index (χ4n) is 8.99. The first-order valence-corrected chi connectivity index (χ1v) is 19.7. The Labute approximate surface area is 334 Å². The van der Waals surface area contributed by atoms with E-state index in [1.165, 1.54) is 49.1 Å². The third-order valence-corrected chi connectivity index (χ3v) is 11.7. The average molecular weight is 739 g/mol. The maximum absolute atomic E-state index is 5.45. The van der Waals surface area contributed by atoms with E-state index < -0.39 is 0 Å². The minimum absolute atomic E-state index is 0.629. The van der Waals surface area contributed by atoms with Crippen LogP contribution in [-0.2, 0) is 0 Å². The number of hydrogen-bond donors (Lipinski definition) is 0. The normalized spacial score (nSPS) is 11.8. The molecule has 0 bridgehead atoms. The Balaban J connectivity index is 1.15. The van der Waals surface area contributed by atoms with Gasteiger partial charge in [-0.25, -0.2) is 9.97 Å². The Morgan fingerprint density at radius 2 is 0.759 bits per heavy atom. The summed E-state index contributed by atoms with van der Waals surface area (Å²) in [5, 5.41) is 7.27. The molecule has 0 saturated carbocycles. The van der Waals surface area contributed by atoms with E-state index in [-0.39, 0.29) is 0 Å². The zero-order valence-electron chi connectivity index (χ0n) is 31.4. The first-order valence-electron chi connectivity index (χ1n) is 19.7. The van der Waals surface area contributed by atoms with Crippen LogP contribution < -0.4 is 0 Å². The van der Waals surface area contributed by atoms with Gasteiger partial charge in [-0.3, -0.25) is 4.57 Å².